The number of hydrogen-bond donors (Lipinski definition) is 1. The van der Waals surface area contributed by atoms with Gasteiger partial charge < -0.3 is 9.52 Å². The zero-order chi connectivity index (χ0) is 13.9. The first-order valence-corrected chi connectivity index (χ1v) is 5.86. The topological polar surface area (TPSA) is 94.0 Å². The summed E-state index contributed by atoms with van der Waals surface area (Å²) in [5.41, 5.74) is 1.13. The maximum atomic E-state index is 10.8. The van der Waals surface area contributed by atoms with Crippen molar-refractivity contribution in [2.45, 2.75) is 6.54 Å². The van der Waals surface area contributed by atoms with Gasteiger partial charge >= 0.3 is 5.97 Å². The van der Waals surface area contributed by atoms with Crippen LogP contribution in [0.2, 0.25) is 0 Å². The van der Waals surface area contributed by atoms with Crippen LogP contribution in [-0.4, -0.2) is 31.3 Å². The van der Waals surface area contributed by atoms with E-state index in [1.54, 1.807) is 42.7 Å². The van der Waals surface area contributed by atoms with Crippen molar-refractivity contribution in [1.82, 2.24) is 20.2 Å². The van der Waals surface area contributed by atoms with Crippen LogP contribution in [0, 0.1) is 0 Å². The van der Waals surface area contributed by atoms with Gasteiger partial charge in [-0.25, -0.2) is 4.79 Å². The number of hydrogen-bond acceptors (Lipinski definition) is 5. The predicted octanol–water partition coefficient (Wildman–Crippen LogP) is 1.68. The molecule has 0 atom stereocenters. The predicted molar refractivity (Wildman–Crippen MR) is 68.0 cm³/mol. The number of tetrazole rings is 1. The van der Waals surface area contributed by atoms with Crippen LogP contribution in [0.4, 0.5) is 0 Å². The van der Waals surface area contributed by atoms with E-state index < -0.39 is 5.97 Å². The van der Waals surface area contributed by atoms with Gasteiger partial charge in [0.15, 0.2) is 5.76 Å². The summed E-state index contributed by atoms with van der Waals surface area (Å²) in [5.74, 6) is 0.0187. The van der Waals surface area contributed by atoms with E-state index in [0.717, 1.165) is 5.56 Å². The van der Waals surface area contributed by atoms with Crippen LogP contribution in [0.1, 0.15) is 15.9 Å². The molecule has 7 heteroatoms. The fourth-order valence-corrected chi connectivity index (χ4v) is 1.73. The molecule has 1 aromatic carbocycles. The van der Waals surface area contributed by atoms with Gasteiger partial charge in [0.1, 0.15) is 0 Å². The van der Waals surface area contributed by atoms with Crippen molar-refractivity contribution in [2.24, 2.45) is 0 Å². The number of carboxylic acid groups (broad SMARTS) is 1. The zero-order valence-electron chi connectivity index (χ0n) is 10.3. The lowest BCUT2D eigenvalue weighted by Gasteiger charge is -2.00. The third-order valence-corrected chi connectivity index (χ3v) is 2.72. The second kappa shape index (κ2) is 4.96. The largest absolute Gasteiger partial charge is 0.478 e. The molecular formula is C13H10N4O3. The van der Waals surface area contributed by atoms with Gasteiger partial charge in [0, 0.05) is 0 Å². The van der Waals surface area contributed by atoms with Gasteiger partial charge in [0.25, 0.3) is 0 Å². The molecule has 20 heavy (non-hydrogen) atoms. The average Bonchev–Trinajstić information content (AvgIpc) is 3.09. The van der Waals surface area contributed by atoms with Crippen LogP contribution in [0.15, 0.2) is 47.1 Å². The summed E-state index contributed by atoms with van der Waals surface area (Å²) >= 11 is 0. The lowest BCUT2D eigenvalue weighted by molar-refractivity contribution is 0.0697. The number of carboxylic acids is 1. The van der Waals surface area contributed by atoms with Crippen molar-refractivity contribution >= 4 is 5.97 Å². The van der Waals surface area contributed by atoms with Crippen molar-refractivity contribution in [3.63, 3.8) is 0 Å². The normalized spacial score (nSPS) is 10.6. The minimum atomic E-state index is -0.949. The van der Waals surface area contributed by atoms with Crippen LogP contribution in [0.5, 0.6) is 0 Å². The fraction of sp³-hybridized carbons (Fsp3) is 0.0769. The molecule has 0 bridgehead atoms. The van der Waals surface area contributed by atoms with E-state index >= 15 is 0 Å². The van der Waals surface area contributed by atoms with Crippen LogP contribution in [0.3, 0.4) is 0 Å². The standard InChI is InChI=1S/C13H10N4O3/c18-13(19)10-5-3-9(4-6-10)8-17-15-12(14-16-17)11-2-1-7-20-11/h1-7H,8H2,(H,18,19). The molecule has 0 aliphatic carbocycles. The summed E-state index contributed by atoms with van der Waals surface area (Å²) in [7, 11) is 0. The molecule has 3 rings (SSSR count). The first-order valence-electron chi connectivity index (χ1n) is 5.86. The second-order valence-electron chi connectivity index (χ2n) is 4.12. The molecule has 0 amide bonds. The SMILES string of the molecule is O=C(O)c1ccc(Cn2nnc(-c3ccco3)n2)cc1. The minimum Gasteiger partial charge on any atom is -0.478 e. The maximum absolute atomic E-state index is 10.8. The smallest absolute Gasteiger partial charge is 0.335 e. The van der Waals surface area contributed by atoms with Gasteiger partial charge in [-0.15, -0.1) is 10.2 Å². The molecule has 100 valence electrons. The van der Waals surface area contributed by atoms with Crippen molar-refractivity contribution in [2.75, 3.05) is 0 Å². The molecule has 0 fully saturated rings. The fourth-order valence-electron chi connectivity index (χ4n) is 1.73. The maximum Gasteiger partial charge on any atom is 0.335 e. The van der Waals surface area contributed by atoms with Crippen LogP contribution >= 0.6 is 0 Å². The molecule has 0 saturated heterocycles. The Labute approximate surface area is 113 Å². The third kappa shape index (κ3) is 2.41. The molecule has 7 nitrogen and oxygen atoms in total. The molecule has 0 unspecified atom stereocenters. The highest BCUT2D eigenvalue weighted by Crippen LogP contribution is 2.13. The molecule has 0 radical (unpaired) electrons. The van der Waals surface area contributed by atoms with E-state index in [1.165, 1.54) is 4.80 Å². The molecule has 2 aromatic heterocycles. The van der Waals surface area contributed by atoms with E-state index in [2.05, 4.69) is 15.4 Å². The number of aromatic nitrogens is 4. The van der Waals surface area contributed by atoms with Crippen LogP contribution in [-0.2, 0) is 6.54 Å². The Balaban J connectivity index is 1.76. The van der Waals surface area contributed by atoms with Crippen molar-refractivity contribution in [3.8, 4) is 11.6 Å². The third-order valence-electron chi connectivity index (χ3n) is 2.72. The summed E-state index contributed by atoms with van der Waals surface area (Å²) in [6.45, 7) is 0.410. The van der Waals surface area contributed by atoms with Gasteiger partial charge in [-0.3, -0.25) is 0 Å². The molecule has 0 aliphatic rings. The molecule has 0 saturated carbocycles. The van der Waals surface area contributed by atoms with Crippen molar-refractivity contribution in [3.05, 3.63) is 53.8 Å². The summed E-state index contributed by atoms with van der Waals surface area (Å²) in [5, 5.41) is 20.8. The van der Waals surface area contributed by atoms with Gasteiger partial charge in [-0.2, -0.15) is 4.80 Å². The number of furan rings is 1. The molecule has 1 N–H and O–H groups in total. The van der Waals surface area contributed by atoms with E-state index in [1.807, 2.05) is 0 Å². The Kier molecular flexibility index (Phi) is 3.00. The second-order valence-corrected chi connectivity index (χ2v) is 4.12. The van der Waals surface area contributed by atoms with E-state index in [-0.39, 0.29) is 5.56 Å². The Morgan fingerprint density at radius 1 is 1.25 bits per heavy atom. The van der Waals surface area contributed by atoms with Gasteiger partial charge in [0.05, 0.1) is 18.4 Å². The lowest BCUT2D eigenvalue weighted by atomic mass is 10.1. The summed E-state index contributed by atoms with van der Waals surface area (Å²) in [6.07, 6.45) is 1.54. The van der Waals surface area contributed by atoms with Crippen molar-refractivity contribution in [1.29, 1.82) is 0 Å². The number of aromatic carboxylic acids is 1. The first-order chi connectivity index (χ1) is 9.72. The monoisotopic (exact) mass is 270 g/mol. The number of benzene rings is 1. The Morgan fingerprint density at radius 2 is 2.05 bits per heavy atom. The minimum absolute atomic E-state index is 0.247. The van der Waals surface area contributed by atoms with E-state index in [4.69, 9.17) is 9.52 Å². The molecular weight excluding hydrogens is 260 g/mol. The Morgan fingerprint density at radius 3 is 2.70 bits per heavy atom. The molecule has 2 heterocycles. The summed E-state index contributed by atoms with van der Waals surface area (Å²) < 4.78 is 5.18. The lowest BCUT2D eigenvalue weighted by Crippen LogP contribution is -2.04. The highest BCUT2D eigenvalue weighted by Gasteiger charge is 2.09. The van der Waals surface area contributed by atoms with Gasteiger partial charge in [-0.1, -0.05) is 12.1 Å². The molecule has 3 aromatic rings. The number of rotatable bonds is 4. The molecule has 0 spiro atoms. The van der Waals surface area contributed by atoms with Gasteiger partial charge in [0.2, 0.25) is 5.82 Å². The van der Waals surface area contributed by atoms with Crippen LogP contribution in [0.25, 0.3) is 11.6 Å². The zero-order valence-corrected chi connectivity index (χ0v) is 10.3. The highest BCUT2D eigenvalue weighted by atomic mass is 16.4. The first kappa shape index (κ1) is 12.1. The molecule has 0 aliphatic heterocycles. The highest BCUT2D eigenvalue weighted by molar-refractivity contribution is 5.87. The Bertz CT molecular complexity index is 716. The van der Waals surface area contributed by atoms with E-state index in [9.17, 15) is 4.79 Å². The Hall–Kier alpha value is -2.96. The average molecular weight is 270 g/mol. The number of carbonyl (C=O) groups is 1. The van der Waals surface area contributed by atoms with E-state index in [0.29, 0.717) is 18.1 Å². The van der Waals surface area contributed by atoms with Crippen molar-refractivity contribution < 1.29 is 14.3 Å². The van der Waals surface area contributed by atoms with Gasteiger partial charge in [-0.05, 0) is 35.0 Å². The number of nitrogens with zero attached hydrogens (tertiary/aromatic N) is 4. The van der Waals surface area contributed by atoms with Crippen LogP contribution < -0.4 is 0 Å². The summed E-state index contributed by atoms with van der Waals surface area (Å²) in [4.78, 5) is 12.2. The summed E-state index contributed by atoms with van der Waals surface area (Å²) in [6, 6.07) is 10.0. The quantitative estimate of drug-likeness (QED) is 0.775.